The summed E-state index contributed by atoms with van der Waals surface area (Å²) in [5.74, 6) is -1.67. The summed E-state index contributed by atoms with van der Waals surface area (Å²) in [5, 5.41) is 0. The second kappa shape index (κ2) is 4.73. The Labute approximate surface area is 90.0 Å². The van der Waals surface area contributed by atoms with E-state index in [2.05, 4.69) is 8.92 Å². The molecule has 9 heteroatoms. The van der Waals surface area contributed by atoms with E-state index in [0.717, 1.165) is 21.0 Å². The second-order valence-corrected chi connectivity index (χ2v) is 4.19. The number of halogens is 3. The molecule has 0 spiro atoms. The maximum absolute atomic E-state index is 11.9. The summed E-state index contributed by atoms with van der Waals surface area (Å²) in [5.41, 5.74) is -5.90. The Morgan fingerprint density at radius 3 is 1.94 bits per heavy atom. The molecule has 0 atom stereocenters. The fraction of sp³-hybridized carbons (Fsp3) is 0.571. The smallest absolute Gasteiger partial charge is 0.466 e. The van der Waals surface area contributed by atoms with Gasteiger partial charge in [-0.25, -0.2) is 4.79 Å². The van der Waals surface area contributed by atoms with Crippen molar-refractivity contribution in [1.82, 2.24) is 0 Å². The third-order valence-corrected chi connectivity index (χ3v) is 2.57. The van der Waals surface area contributed by atoms with Gasteiger partial charge in [0.15, 0.2) is 0 Å². The minimum Gasteiger partial charge on any atom is -0.466 e. The van der Waals surface area contributed by atoms with Crippen LogP contribution in [0.4, 0.5) is 13.2 Å². The van der Waals surface area contributed by atoms with Crippen LogP contribution in [0, 0.1) is 0 Å². The molecule has 5 nitrogen and oxygen atoms in total. The summed E-state index contributed by atoms with van der Waals surface area (Å²) >= 11 is 0. The Balaban J connectivity index is 5.10. The molecule has 0 aromatic rings. The van der Waals surface area contributed by atoms with Gasteiger partial charge in [0.25, 0.3) is 0 Å². The molecular formula is C7H9F3O5S. The molecule has 0 saturated carbocycles. The number of hydrogen-bond acceptors (Lipinski definition) is 5. The number of hydrogen-bond donors (Lipinski definition) is 0. The van der Waals surface area contributed by atoms with Crippen LogP contribution in [0.25, 0.3) is 0 Å². The van der Waals surface area contributed by atoms with Crippen molar-refractivity contribution >= 4 is 16.1 Å². The third kappa shape index (κ3) is 3.40. The van der Waals surface area contributed by atoms with Gasteiger partial charge in [-0.05, 0) is 13.8 Å². The van der Waals surface area contributed by atoms with Crippen LogP contribution in [0.5, 0.6) is 0 Å². The number of rotatable bonds is 3. The van der Waals surface area contributed by atoms with Gasteiger partial charge in [-0.3, -0.25) is 0 Å². The first-order chi connectivity index (χ1) is 7.03. The zero-order valence-corrected chi connectivity index (χ0v) is 9.40. The zero-order valence-electron chi connectivity index (χ0n) is 8.58. The second-order valence-electron chi connectivity index (χ2n) is 2.66. The van der Waals surface area contributed by atoms with E-state index in [0.29, 0.717) is 0 Å². The molecule has 0 radical (unpaired) electrons. The Morgan fingerprint density at radius 1 is 1.19 bits per heavy atom. The van der Waals surface area contributed by atoms with Crippen molar-refractivity contribution in [2.24, 2.45) is 0 Å². The van der Waals surface area contributed by atoms with Crippen LogP contribution in [0.3, 0.4) is 0 Å². The maximum atomic E-state index is 11.9. The minimum absolute atomic E-state index is 0.365. The zero-order chi connectivity index (χ0) is 13.1. The minimum atomic E-state index is -5.75. The molecule has 0 aromatic heterocycles. The molecule has 0 aromatic carbocycles. The summed E-state index contributed by atoms with van der Waals surface area (Å²) < 4.78 is 64.6. The van der Waals surface area contributed by atoms with Crippen molar-refractivity contribution in [2.45, 2.75) is 19.4 Å². The van der Waals surface area contributed by atoms with Crippen molar-refractivity contribution in [3.63, 3.8) is 0 Å². The molecular weight excluding hydrogens is 253 g/mol. The number of methoxy groups -OCH3 is 1. The van der Waals surface area contributed by atoms with Crippen LogP contribution in [-0.2, 0) is 23.8 Å². The molecule has 0 heterocycles. The number of allylic oxidation sites excluding steroid dienone is 1. The number of ether oxygens (including phenoxy) is 1. The van der Waals surface area contributed by atoms with Crippen molar-refractivity contribution in [2.75, 3.05) is 7.11 Å². The van der Waals surface area contributed by atoms with Crippen LogP contribution in [0.1, 0.15) is 13.8 Å². The van der Waals surface area contributed by atoms with E-state index >= 15 is 0 Å². The highest BCUT2D eigenvalue weighted by molar-refractivity contribution is 7.87. The van der Waals surface area contributed by atoms with E-state index in [1.54, 1.807) is 0 Å². The lowest BCUT2D eigenvalue weighted by atomic mass is 10.3. The first kappa shape index (κ1) is 14.8. The molecule has 0 unspecified atom stereocenters. The molecule has 0 saturated heterocycles. The lowest BCUT2D eigenvalue weighted by Crippen LogP contribution is -2.25. The summed E-state index contributed by atoms with van der Waals surface area (Å²) in [7, 11) is -4.75. The van der Waals surface area contributed by atoms with Gasteiger partial charge in [-0.15, -0.1) is 0 Å². The topological polar surface area (TPSA) is 69.7 Å². The highest BCUT2D eigenvalue weighted by atomic mass is 32.2. The Bertz CT molecular complexity index is 406. The molecule has 0 aliphatic heterocycles. The largest absolute Gasteiger partial charge is 0.534 e. The number of alkyl halides is 3. The van der Waals surface area contributed by atoms with Crippen molar-refractivity contribution < 1.29 is 35.3 Å². The molecule has 0 bridgehead atoms. The molecule has 0 aliphatic rings. The van der Waals surface area contributed by atoms with E-state index in [1.807, 2.05) is 0 Å². The van der Waals surface area contributed by atoms with Crippen LogP contribution in [0.2, 0.25) is 0 Å². The van der Waals surface area contributed by atoms with Crippen LogP contribution < -0.4 is 0 Å². The lowest BCUT2D eigenvalue weighted by Gasteiger charge is -2.11. The fourth-order valence-electron chi connectivity index (χ4n) is 0.571. The predicted octanol–water partition coefficient (Wildman–Crippen LogP) is 1.32. The molecule has 16 heavy (non-hydrogen) atoms. The van der Waals surface area contributed by atoms with Crippen LogP contribution in [-0.4, -0.2) is 27.0 Å². The van der Waals surface area contributed by atoms with Gasteiger partial charge in [0.2, 0.25) is 0 Å². The maximum Gasteiger partial charge on any atom is 0.534 e. The fourth-order valence-corrected chi connectivity index (χ4v) is 1.12. The Kier molecular flexibility index (Phi) is 4.36. The molecule has 0 amide bonds. The summed E-state index contributed by atoms with van der Waals surface area (Å²) in [6, 6.07) is 0. The monoisotopic (exact) mass is 262 g/mol. The first-order valence-electron chi connectivity index (χ1n) is 3.79. The van der Waals surface area contributed by atoms with Gasteiger partial charge >= 0.3 is 21.6 Å². The normalized spacial score (nSPS) is 14.1. The third-order valence-electron chi connectivity index (χ3n) is 1.54. The van der Waals surface area contributed by atoms with E-state index < -0.39 is 27.4 Å². The molecule has 0 N–H and O–H groups in total. The first-order valence-corrected chi connectivity index (χ1v) is 5.20. The lowest BCUT2D eigenvalue weighted by molar-refractivity contribution is -0.136. The number of carbonyl (C=O) groups is 1. The van der Waals surface area contributed by atoms with E-state index in [1.165, 1.54) is 0 Å². The number of carbonyl (C=O) groups excluding carboxylic acids is 1. The predicted molar refractivity (Wildman–Crippen MR) is 46.4 cm³/mol. The molecule has 0 fully saturated rings. The van der Waals surface area contributed by atoms with Crippen molar-refractivity contribution in [1.29, 1.82) is 0 Å². The highest BCUT2D eigenvalue weighted by Crippen LogP contribution is 2.27. The highest BCUT2D eigenvalue weighted by Gasteiger charge is 2.48. The van der Waals surface area contributed by atoms with Gasteiger partial charge in [0.1, 0.15) is 5.76 Å². The molecule has 94 valence electrons. The van der Waals surface area contributed by atoms with E-state index in [9.17, 15) is 26.4 Å². The van der Waals surface area contributed by atoms with Gasteiger partial charge < -0.3 is 8.92 Å². The number of esters is 1. The van der Waals surface area contributed by atoms with Gasteiger partial charge in [-0.2, -0.15) is 21.6 Å². The average molecular weight is 262 g/mol. The molecule has 0 aliphatic carbocycles. The SMILES string of the molecule is COC(=O)/C(C)=C(\C)OS(=O)(=O)C(F)(F)F. The molecule has 0 rings (SSSR count). The standard InChI is InChI=1S/C7H9F3O5S/c1-4(6(11)14-3)5(2)15-16(12,13)7(8,9)10/h1-3H3/b5-4+. The van der Waals surface area contributed by atoms with Crippen LogP contribution in [0.15, 0.2) is 11.3 Å². The van der Waals surface area contributed by atoms with E-state index in [-0.39, 0.29) is 5.57 Å². The van der Waals surface area contributed by atoms with Crippen molar-refractivity contribution in [3.8, 4) is 0 Å². The summed E-state index contributed by atoms with van der Waals surface area (Å²) in [6.45, 7) is 1.99. The Morgan fingerprint density at radius 2 is 1.62 bits per heavy atom. The quantitative estimate of drug-likeness (QED) is 0.252. The summed E-state index contributed by atoms with van der Waals surface area (Å²) in [4.78, 5) is 10.9. The van der Waals surface area contributed by atoms with Gasteiger partial charge in [0.05, 0.1) is 12.7 Å². The van der Waals surface area contributed by atoms with Gasteiger partial charge in [-0.1, -0.05) is 0 Å². The average Bonchev–Trinajstić information content (AvgIpc) is 2.12. The van der Waals surface area contributed by atoms with Crippen molar-refractivity contribution in [3.05, 3.63) is 11.3 Å². The van der Waals surface area contributed by atoms with Gasteiger partial charge in [0, 0.05) is 0 Å². The Hall–Kier alpha value is -1.25. The summed E-state index contributed by atoms with van der Waals surface area (Å²) in [6.07, 6.45) is 0. The van der Waals surface area contributed by atoms with Crippen LogP contribution >= 0.6 is 0 Å². The van der Waals surface area contributed by atoms with E-state index in [4.69, 9.17) is 0 Å².